The fourth-order valence-electron chi connectivity index (χ4n) is 3.63. The number of rotatable bonds is 36. The average Bonchev–Trinajstić information content (AvgIpc) is 3.05. The van der Waals surface area contributed by atoms with Crippen molar-refractivity contribution >= 4 is 46.8 Å². The summed E-state index contributed by atoms with van der Waals surface area (Å²) in [7, 11) is 0. The molecule has 0 fully saturated rings. The summed E-state index contributed by atoms with van der Waals surface area (Å²) in [4.78, 5) is 46.4. The first-order valence-electron chi connectivity index (χ1n) is 16.6. The van der Waals surface area contributed by atoms with E-state index in [1.54, 1.807) is 0 Å². The van der Waals surface area contributed by atoms with Crippen LogP contribution in [0.1, 0.15) is 57.8 Å². The Balaban J connectivity index is 3.30. The highest BCUT2D eigenvalue weighted by Gasteiger charge is 2.05. The first-order chi connectivity index (χ1) is 23.0. The maximum atomic E-state index is 11.9. The van der Waals surface area contributed by atoms with Crippen molar-refractivity contribution in [3.05, 3.63) is 0 Å². The van der Waals surface area contributed by atoms with Gasteiger partial charge in [-0.05, 0) is 32.1 Å². The second-order valence-corrected chi connectivity index (χ2v) is 11.0. The average molecular weight is 718 g/mol. The Bertz CT molecular complexity index is 712. The molecule has 16 heteroatoms. The van der Waals surface area contributed by atoms with Gasteiger partial charge in [0.15, 0.2) is 0 Å². The molecule has 0 aliphatic rings. The second-order valence-electron chi connectivity index (χ2n) is 10.2. The van der Waals surface area contributed by atoms with Crippen molar-refractivity contribution in [1.29, 1.82) is 0 Å². The van der Waals surface area contributed by atoms with Crippen LogP contribution in [0.2, 0.25) is 0 Å². The van der Waals surface area contributed by atoms with Gasteiger partial charge in [0, 0.05) is 90.0 Å². The quantitative estimate of drug-likeness (QED) is 0.0551. The summed E-state index contributed by atoms with van der Waals surface area (Å²) in [6, 6.07) is 0. The van der Waals surface area contributed by atoms with Crippen molar-refractivity contribution in [2.24, 2.45) is 0 Å². The van der Waals surface area contributed by atoms with E-state index in [-0.39, 0.29) is 23.6 Å². The monoisotopic (exact) mass is 716 g/mol. The molecule has 0 rings (SSSR count). The van der Waals surface area contributed by atoms with Crippen LogP contribution >= 0.6 is 23.2 Å². The first-order valence-corrected chi connectivity index (χ1v) is 17.7. The summed E-state index contributed by atoms with van der Waals surface area (Å²) in [5, 5.41) is 11.2. The minimum absolute atomic E-state index is 0.0479. The van der Waals surface area contributed by atoms with E-state index in [0.29, 0.717) is 162 Å². The molecular weight excluding hydrogens is 659 g/mol. The molecule has 0 atom stereocenters. The molecule has 0 heterocycles. The van der Waals surface area contributed by atoms with E-state index in [2.05, 4.69) is 21.3 Å². The van der Waals surface area contributed by atoms with Crippen LogP contribution in [0, 0.1) is 0 Å². The van der Waals surface area contributed by atoms with E-state index in [1.807, 2.05) is 0 Å². The highest BCUT2D eigenvalue weighted by Crippen LogP contribution is 1.96. The standard InChI is InChI=1S/C31H58Cl2N4O10/c32-10-8-30(40)36-14-4-18-44-22-26-46-24-20-42-16-2-12-34-28(38)6-1-7-29(39)35-13-3-17-43-21-25-47-27-23-45-19-5-15-37-31(41)9-11-33/h1-27H2,(H,34,38)(H,35,39)(H,36,40)(H,37,41). The number of amides is 4. The molecule has 0 saturated heterocycles. The van der Waals surface area contributed by atoms with E-state index < -0.39 is 0 Å². The summed E-state index contributed by atoms with van der Waals surface area (Å²) in [6.07, 6.45) is 4.61. The molecule has 4 N–H and O–H groups in total. The maximum Gasteiger partial charge on any atom is 0.221 e. The minimum Gasteiger partial charge on any atom is -0.379 e. The second kappa shape index (κ2) is 37.0. The van der Waals surface area contributed by atoms with E-state index in [9.17, 15) is 19.2 Å². The summed E-state index contributed by atoms with van der Waals surface area (Å²) in [5.41, 5.74) is 0. The molecule has 0 unspecified atom stereocenters. The Labute approximate surface area is 290 Å². The van der Waals surface area contributed by atoms with Crippen LogP contribution in [-0.4, -0.2) is 141 Å². The highest BCUT2D eigenvalue weighted by atomic mass is 35.5. The molecule has 14 nitrogen and oxygen atoms in total. The molecule has 0 spiro atoms. The number of nitrogens with one attached hydrogen (secondary N) is 4. The number of ether oxygens (including phenoxy) is 6. The van der Waals surface area contributed by atoms with Gasteiger partial charge in [-0.1, -0.05) is 0 Å². The number of carbonyl (C=O) groups excluding carboxylic acids is 4. The van der Waals surface area contributed by atoms with Gasteiger partial charge < -0.3 is 49.7 Å². The van der Waals surface area contributed by atoms with Gasteiger partial charge in [0.1, 0.15) is 0 Å². The summed E-state index contributed by atoms with van der Waals surface area (Å²) in [5.74, 6) is 0.393. The fourth-order valence-corrected chi connectivity index (χ4v) is 3.97. The van der Waals surface area contributed by atoms with E-state index in [1.165, 1.54) is 0 Å². The highest BCUT2D eigenvalue weighted by molar-refractivity contribution is 6.19. The maximum absolute atomic E-state index is 11.9. The van der Waals surface area contributed by atoms with Gasteiger partial charge in [0.25, 0.3) is 0 Å². The number of hydrogen-bond donors (Lipinski definition) is 4. The normalized spacial score (nSPS) is 10.9. The molecule has 276 valence electrons. The van der Waals surface area contributed by atoms with Crippen LogP contribution < -0.4 is 21.3 Å². The van der Waals surface area contributed by atoms with Crippen LogP contribution in [0.4, 0.5) is 0 Å². The van der Waals surface area contributed by atoms with Gasteiger partial charge in [0.05, 0.1) is 52.9 Å². The number of halogens is 2. The molecule has 0 radical (unpaired) electrons. The van der Waals surface area contributed by atoms with Gasteiger partial charge in [-0.15, -0.1) is 23.2 Å². The fraction of sp³-hybridized carbons (Fsp3) is 0.871. The van der Waals surface area contributed by atoms with E-state index in [4.69, 9.17) is 51.6 Å². The number of hydrogen-bond acceptors (Lipinski definition) is 10. The van der Waals surface area contributed by atoms with E-state index >= 15 is 0 Å². The van der Waals surface area contributed by atoms with Crippen LogP contribution in [-0.2, 0) is 47.6 Å². The lowest BCUT2D eigenvalue weighted by Gasteiger charge is -2.09. The molecule has 0 aliphatic carbocycles. The number of alkyl halides is 2. The van der Waals surface area contributed by atoms with Gasteiger partial charge in [-0.3, -0.25) is 19.2 Å². The third kappa shape index (κ3) is 36.9. The largest absolute Gasteiger partial charge is 0.379 e. The lowest BCUT2D eigenvalue weighted by molar-refractivity contribution is -0.123. The van der Waals surface area contributed by atoms with Crippen molar-refractivity contribution in [2.45, 2.75) is 57.8 Å². The molecule has 0 aromatic rings. The lowest BCUT2D eigenvalue weighted by Crippen LogP contribution is -2.27. The van der Waals surface area contributed by atoms with Crippen LogP contribution in [0.25, 0.3) is 0 Å². The first kappa shape index (κ1) is 45.2. The minimum atomic E-state index is -0.0789. The molecule has 0 aromatic carbocycles. The molecule has 0 saturated carbocycles. The predicted molar refractivity (Wildman–Crippen MR) is 180 cm³/mol. The number of carbonyl (C=O) groups is 4. The lowest BCUT2D eigenvalue weighted by atomic mass is 10.2. The third-order valence-electron chi connectivity index (χ3n) is 6.09. The Morgan fingerprint density at radius 1 is 0.340 bits per heavy atom. The van der Waals surface area contributed by atoms with Crippen LogP contribution in [0.5, 0.6) is 0 Å². The Hall–Kier alpha value is -1.78. The zero-order chi connectivity index (χ0) is 34.5. The molecule has 0 bridgehead atoms. The van der Waals surface area contributed by atoms with Crippen LogP contribution in [0.15, 0.2) is 0 Å². The summed E-state index contributed by atoms with van der Waals surface area (Å²) >= 11 is 11.0. The molecule has 4 amide bonds. The van der Waals surface area contributed by atoms with Gasteiger partial charge in [-0.2, -0.15) is 0 Å². The SMILES string of the molecule is O=C(CCCl)NCCCOCCOCCOCCCNC(=O)CCCC(=O)NCCCOCCOCCOCCCNC(=O)CCCl. The summed E-state index contributed by atoms with van der Waals surface area (Å²) < 4.78 is 32.7. The van der Waals surface area contributed by atoms with Crippen LogP contribution in [0.3, 0.4) is 0 Å². The molecule has 0 aromatic heterocycles. The zero-order valence-electron chi connectivity index (χ0n) is 27.9. The van der Waals surface area contributed by atoms with Crippen molar-refractivity contribution in [2.75, 3.05) is 117 Å². The van der Waals surface area contributed by atoms with Gasteiger partial charge >= 0.3 is 0 Å². The summed E-state index contributed by atoms with van der Waals surface area (Å²) in [6.45, 7) is 8.09. The smallest absolute Gasteiger partial charge is 0.221 e. The third-order valence-corrected chi connectivity index (χ3v) is 6.47. The van der Waals surface area contributed by atoms with E-state index in [0.717, 1.165) is 12.8 Å². The molecule has 47 heavy (non-hydrogen) atoms. The Kier molecular flexibility index (Phi) is 35.6. The van der Waals surface area contributed by atoms with Gasteiger partial charge in [0.2, 0.25) is 23.6 Å². The molecular formula is C31H58Cl2N4O10. The topological polar surface area (TPSA) is 172 Å². The zero-order valence-corrected chi connectivity index (χ0v) is 29.4. The van der Waals surface area contributed by atoms with Crippen molar-refractivity contribution in [3.63, 3.8) is 0 Å². The van der Waals surface area contributed by atoms with Crippen molar-refractivity contribution in [3.8, 4) is 0 Å². The van der Waals surface area contributed by atoms with Crippen molar-refractivity contribution < 1.29 is 47.6 Å². The molecule has 0 aliphatic heterocycles. The Morgan fingerprint density at radius 3 is 0.830 bits per heavy atom. The van der Waals surface area contributed by atoms with Crippen molar-refractivity contribution in [1.82, 2.24) is 21.3 Å². The Morgan fingerprint density at radius 2 is 0.574 bits per heavy atom. The predicted octanol–water partition coefficient (Wildman–Crippen LogP) is 1.54. The van der Waals surface area contributed by atoms with Gasteiger partial charge in [-0.25, -0.2) is 0 Å².